The van der Waals surface area contributed by atoms with Crippen LogP contribution in [-0.4, -0.2) is 55.6 Å². The largest absolute Gasteiger partial charge is 0.506 e. The van der Waals surface area contributed by atoms with Gasteiger partial charge in [-0.05, 0) is 28.1 Å². The van der Waals surface area contributed by atoms with E-state index < -0.39 is 0 Å². The number of halogens is 2. The third-order valence-electron chi connectivity index (χ3n) is 2.94. The van der Waals surface area contributed by atoms with Gasteiger partial charge in [-0.3, -0.25) is 9.89 Å². The van der Waals surface area contributed by atoms with Gasteiger partial charge < -0.3 is 9.84 Å². The lowest BCUT2D eigenvalue weighted by Crippen LogP contribution is -2.37. The smallest absolute Gasteiger partial charge is 0.138 e. The minimum atomic E-state index is 0.221. The Hall–Kier alpha value is -0.430. The van der Waals surface area contributed by atoms with Crippen molar-refractivity contribution in [3.05, 3.63) is 26.6 Å². The zero-order valence-electron chi connectivity index (χ0n) is 10.5. The van der Waals surface area contributed by atoms with E-state index in [1.54, 1.807) is 12.3 Å². The summed E-state index contributed by atoms with van der Waals surface area (Å²) in [5.41, 5.74) is 0.711. The Morgan fingerprint density at radius 2 is 2.05 bits per heavy atom. The van der Waals surface area contributed by atoms with Crippen LogP contribution in [0.15, 0.2) is 26.1 Å². The molecule has 0 spiro atoms. The van der Waals surface area contributed by atoms with Gasteiger partial charge in [0.05, 0.1) is 24.2 Å². The number of aromatic hydroxyl groups is 1. The summed E-state index contributed by atoms with van der Waals surface area (Å²) < 4.78 is 6.87. The molecule has 1 heterocycles. The van der Waals surface area contributed by atoms with E-state index >= 15 is 0 Å². The first kappa shape index (κ1) is 15.0. The second-order valence-corrected chi connectivity index (χ2v) is 6.08. The van der Waals surface area contributed by atoms with Crippen LogP contribution >= 0.6 is 31.9 Å². The monoisotopic (exact) mass is 390 g/mol. The normalized spacial score (nSPS) is 17.2. The summed E-state index contributed by atoms with van der Waals surface area (Å²) in [5, 5.41) is 9.88. The molecule has 0 bridgehead atoms. The molecule has 0 unspecified atom stereocenters. The quantitative estimate of drug-likeness (QED) is 0.802. The van der Waals surface area contributed by atoms with Crippen molar-refractivity contribution in [2.45, 2.75) is 0 Å². The molecule has 2 rings (SSSR count). The maximum atomic E-state index is 9.88. The predicted octanol–water partition coefficient (Wildman–Crippen LogP) is 2.67. The van der Waals surface area contributed by atoms with Crippen LogP contribution in [0.4, 0.5) is 0 Å². The number of morpholine rings is 1. The van der Waals surface area contributed by atoms with Crippen molar-refractivity contribution in [3.63, 3.8) is 0 Å². The standard InChI is InChI=1S/C13H16Br2N2O2/c14-11-7-10(13(18)12(15)8-11)9-16-1-2-17-3-5-19-6-4-17/h7-9,18H,1-6H2. The van der Waals surface area contributed by atoms with Crippen LogP contribution in [0.1, 0.15) is 5.56 Å². The lowest BCUT2D eigenvalue weighted by molar-refractivity contribution is 0.0395. The zero-order valence-corrected chi connectivity index (χ0v) is 13.7. The van der Waals surface area contributed by atoms with Crippen LogP contribution in [0, 0.1) is 0 Å². The third kappa shape index (κ3) is 4.56. The van der Waals surface area contributed by atoms with E-state index in [2.05, 4.69) is 41.8 Å². The van der Waals surface area contributed by atoms with E-state index in [-0.39, 0.29) is 5.75 Å². The third-order valence-corrected chi connectivity index (χ3v) is 4.00. The Balaban J connectivity index is 1.88. The van der Waals surface area contributed by atoms with Crippen molar-refractivity contribution >= 4 is 38.1 Å². The number of benzene rings is 1. The van der Waals surface area contributed by atoms with Crippen molar-refractivity contribution < 1.29 is 9.84 Å². The predicted molar refractivity (Wildman–Crippen MR) is 83.2 cm³/mol. The lowest BCUT2D eigenvalue weighted by atomic mass is 10.2. The fourth-order valence-electron chi connectivity index (χ4n) is 1.87. The van der Waals surface area contributed by atoms with Gasteiger partial charge in [-0.2, -0.15) is 0 Å². The first-order valence-electron chi connectivity index (χ1n) is 6.15. The van der Waals surface area contributed by atoms with Crippen molar-refractivity contribution in [2.75, 3.05) is 39.4 Å². The second kappa shape index (κ2) is 7.38. The van der Waals surface area contributed by atoms with Gasteiger partial charge in [-0.25, -0.2) is 0 Å². The Bertz CT molecular complexity index is 460. The summed E-state index contributed by atoms with van der Waals surface area (Å²) in [6.07, 6.45) is 1.71. The molecule has 0 aromatic heterocycles. The molecule has 1 aliphatic rings. The fraction of sp³-hybridized carbons (Fsp3) is 0.462. The van der Waals surface area contributed by atoms with Crippen molar-refractivity contribution in [1.29, 1.82) is 0 Å². The van der Waals surface area contributed by atoms with Crippen molar-refractivity contribution in [2.24, 2.45) is 4.99 Å². The van der Waals surface area contributed by atoms with E-state index in [0.717, 1.165) is 43.9 Å². The van der Waals surface area contributed by atoms with Gasteiger partial charge in [0, 0.05) is 35.9 Å². The lowest BCUT2D eigenvalue weighted by Gasteiger charge is -2.25. The van der Waals surface area contributed by atoms with Crippen molar-refractivity contribution in [3.8, 4) is 5.75 Å². The molecule has 4 nitrogen and oxygen atoms in total. The molecule has 0 atom stereocenters. The molecule has 1 aromatic rings. The SMILES string of the molecule is Oc1c(Br)cc(Br)cc1C=NCCN1CCOCC1. The van der Waals surface area contributed by atoms with E-state index in [0.29, 0.717) is 10.0 Å². The number of rotatable bonds is 4. The van der Waals surface area contributed by atoms with Crippen LogP contribution in [0.2, 0.25) is 0 Å². The summed E-state index contributed by atoms with van der Waals surface area (Å²) in [6, 6.07) is 3.65. The molecule has 104 valence electrons. The Kier molecular flexibility index (Phi) is 5.81. The Morgan fingerprint density at radius 3 is 2.79 bits per heavy atom. The number of aliphatic imine (C=N–C) groups is 1. The molecular weight excluding hydrogens is 376 g/mol. The summed E-state index contributed by atoms with van der Waals surface area (Å²) in [4.78, 5) is 6.70. The van der Waals surface area contributed by atoms with Crippen molar-refractivity contribution in [1.82, 2.24) is 4.90 Å². The maximum absolute atomic E-state index is 9.88. The summed E-state index contributed by atoms with van der Waals surface area (Å²) in [6.45, 7) is 5.22. The summed E-state index contributed by atoms with van der Waals surface area (Å²) in [5.74, 6) is 0.221. The highest BCUT2D eigenvalue weighted by Crippen LogP contribution is 2.30. The molecule has 19 heavy (non-hydrogen) atoms. The number of phenols is 1. The van der Waals surface area contributed by atoms with E-state index in [1.165, 1.54) is 0 Å². The van der Waals surface area contributed by atoms with Gasteiger partial charge in [0.2, 0.25) is 0 Å². The number of hydrogen-bond donors (Lipinski definition) is 1. The van der Waals surface area contributed by atoms with Gasteiger partial charge in [-0.15, -0.1) is 0 Å². The highest BCUT2D eigenvalue weighted by molar-refractivity contribution is 9.11. The molecule has 0 aliphatic carbocycles. The molecule has 1 N–H and O–H groups in total. The molecular formula is C13H16Br2N2O2. The number of nitrogens with zero attached hydrogens (tertiary/aromatic N) is 2. The highest BCUT2D eigenvalue weighted by Gasteiger charge is 2.09. The first-order chi connectivity index (χ1) is 9.16. The minimum Gasteiger partial charge on any atom is -0.506 e. The molecule has 1 aromatic carbocycles. The highest BCUT2D eigenvalue weighted by atomic mass is 79.9. The van der Waals surface area contributed by atoms with Crippen LogP contribution < -0.4 is 0 Å². The van der Waals surface area contributed by atoms with Crippen LogP contribution in [0.5, 0.6) is 5.75 Å². The van der Waals surface area contributed by atoms with Gasteiger partial charge in [0.15, 0.2) is 0 Å². The first-order valence-corrected chi connectivity index (χ1v) is 7.73. The number of ether oxygens (including phenoxy) is 1. The summed E-state index contributed by atoms with van der Waals surface area (Å²) >= 11 is 6.70. The van der Waals surface area contributed by atoms with Crippen LogP contribution in [0.25, 0.3) is 0 Å². The van der Waals surface area contributed by atoms with E-state index in [9.17, 15) is 5.11 Å². The van der Waals surface area contributed by atoms with Gasteiger partial charge >= 0.3 is 0 Å². The van der Waals surface area contributed by atoms with Gasteiger partial charge in [-0.1, -0.05) is 15.9 Å². The molecule has 1 aliphatic heterocycles. The summed E-state index contributed by atoms with van der Waals surface area (Å²) in [7, 11) is 0. The zero-order chi connectivity index (χ0) is 13.7. The Labute approximate surface area is 129 Å². The van der Waals surface area contributed by atoms with E-state index in [1.807, 2.05) is 6.07 Å². The number of hydrogen-bond acceptors (Lipinski definition) is 4. The molecule has 0 saturated carbocycles. The van der Waals surface area contributed by atoms with Crippen LogP contribution in [-0.2, 0) is 4.74 Å². The van der Waals surface area contributed by atoms with Gasteiger partial charge in [0.1, 0.15) is 5.75 Å². The molecule has 0 amide bonds. The average molecular weight is 392 g/mol. The van der Waals surface area contributed by atoms with Gasteiger partial charge in [0.25, 0.3) is 0 Å². The Morgan fingerprint density at radius 1 is 1.32 bits per heavy atom. The average Bonchev–Trinajstić information content (AvgIpc) is 2.41. The topological polar surface area (TPSA) is 45.1 Å². The van der Waals surface area contributed by atoms with E-state index in [4.69, 9.17) is 4.74 Å². The molecule has 6 heteroatoms. The molecule has 1 saturated heterocycles. The maximum Gasteiger partial charge on any atom is 0.138 e. The molecule has 1 fully saturated rings. The molecule has 0 radical (unpaired) electrons. The van der Waals surface area contributed by atoms with Crippen LogP contribution in [0.3, 0.4) is 0 Å². The second-order valence-electron chi connectivity index (χ2n) is 4.31. The minimum absolute atomic E-state index is 0.221. The fourth-order valence-corrected chi connectivity index (χ4v) is 3.13. The number of phenolic OH excluding ortho intramolecular Hbond substituents is 1.